The van der Waals surface area contributed by atoms with E-state index in [0.717, 1.165) is 48.3 Å². The average molecular weight is 387 g/mol. The lowest BCUT2D eigenvalue weighted by atomic mass is 10.1. The Balaban J connectivity index is 1.55. The Labute approximate surface area is 170 Å². The fourth-order valence-electron chi connectivity index (χ4n) is 3.54. The molecular formula is C23H25N5O. The van der Waals surface area contributed by atoms with E-state index in [-0.39, 0.29) is 11.9 Å². The average Bonchev–Trinajstić information content (AvgIpc) is 2.75. The molecule has 29 heavy (non-hydrogen) atoms. The lowest BCUT2D eigenvalue weighted by molar-refractivity contribution is -0.112. The van der Waals surface area contributed by atoms with E-state index in [1.54, 1.807) is 12.4 Å². The molecule has 1 saturated heterocycles. The van der Waals surface area contributed by atoms with Gasteiger partial charge in [0.2, 0.25) is 5.91 Å². The summed E-state index contributed by atoms with van der Waals surface area (Å²) >= 11 is 0. The van der Waals surface area contributed by atoms with Crippen molar-refractivity contribution in [2.24, 2.45) is 0 Å². The third-order valence-electron chi connectivity index (χ3n) is 5.14. The first-order valence-electron chi connectivity index (χ1n) is 9.96. The van der Waals surface area contributed by atoms with E-state index >= 15 is 0 Å². The number of rotatable bonds is 5. The van der Waals surface area contributed by atoms with Crippen LogP contribution in [0.1, 0.15) is 31.4 Å². The van der Waals surface area contributed by atoms with Crippen molar-refractivity contribution in [2.75, 3.05) is 23.7 Å². The zero-order valence-electron chi connectivity index (χ0n) is 16.5. The third kappa shape index (κ3) is 4.78. The SMILES string of the molecule is C[C@H](Nc1ncnc2ccc(NC(=O)C=C3CCNCC3)cc12)c1ccccc1. The maximum atomic E-state index is 12.4. The standard InChI is InChI=1S/C23H25N5O/c1-16(18-5-3-2-4-6-18)27-23-20-14-19(7-8-21(20)25-15-26-23)28-22(29)13-17-9-11-24-12-10-17/h2-8,13-16,24H,9-12H2,1H3,(H,28,29)(H,25,26,27)/t16-/m0/s1. The number of amides is 1. The quantitative estimate of drug-likeness (QED) is 0.576. The molecule has 2 aromatic carbocycles. The Morgan fingerprint density at radius 1 is 1.10 bits per heavy atom. The Hall–Kier alpha value is -3.25. The predicted octanol–water partition coefficient (Wildman–Crippen LogP) is 4.05. The Morgan fingerprint density at radius 3 is 2.69 bits per heavy atom. The lowest BCUT2D eigenvalue weighted by Crippen LogP contribution is -2.24. The van der Waals surface area contributed by atoms with Crippen LogP contribution in [0, 0.1) is 0 Å². The molecule has 1 aliphatic heterocycles. The zero-order valence-corrected chi connectivity index (χ0v) is 16.5. The van der Waals surface area contributed by atoms with Crippen LogP contribution in [0.5, 0.6) is 0 Å². The highest BCUT2D eigenvalue weighted by atomic mass is 16.1. The van der Waals surface area contributed by atoms with Crippen molar-refractivity contribution in [3.05, 3.63) is 72.1 Å². The van der Waals surface area contributed by atoms with Crippen LogP contribution >= 0.6 is 0 Å². The van der Waals surface area contributed by atoms with Crippen molar-refractivity contribution >= 4 is 28.3 Å². The summed E-state index contributed by atoms with van der Waals surface area (Å²) in [5, 5.41) is 10.6. The second-order valence-corrected chi connectivity index (χ2v) is 7.27. The Kier molecular flexibility index (Phi) is 5.81. The first-order valence-corrected chi connectivity index (χ1v) is 9.96. The van der Waals surface area contributed by atoms with Crippen molar-refractivity contribution in [2.45, 2.75) is 25.8 Å². The second kappa shape index (κ2) is 8.84. The van der Waals surface area contributed by atoms with E-state index in [4.69, 9.17) is 0 Å². The van der Waals surface area contributed by atoms with E-state index in [9.17, 15) is 4.79 Å². The summed E-state index contributed by atoms with van der Waals surface area (Å²) in [6.07, 6.45) is 5.13. The number of benzene rings is 2. The first kappa shape index (κ1) is 19.1. The summed E-state index contributed by atoms with van der Waals surface area (Å²) in [5.41, 5.74) is 3.93. The molecule has 1 atom stereocenters. The van der Waals surface area contributed by atoms with E-state index in [2.05, 4.69) is 45.0 Å². The summed E-state index contributed by atoms with van der Waals surface area (Å²) in [6, 6.07) is 16.0. The number of nitrogens with zero attached hydrogens (tertiary/aromatic N) is 2. The number of carbonyl (C=O) groups is 1. The van der Waals surface area contributed by atoms with Gasteiger partial charge in [-0.1, -0.05) is 35.9 Å². The van der Waals surface area contributed by atoms with Crippen molar-refractivity contribution in [1.29, 1.82) is 0 Å². The van der Waals surface area contributed by atoms with Crippen LogP contribution in [0.4, 0.5) is 11.5 Å². The van der Waals surface area contributed by atoms with E-state index in [1.807, 2.05) is 36.4 Å². The molecule has 0 unspecified atom stereocenters. The molecule has 0 bridgehead atoms. The molecule has 3 aromatic rings. The van der Waals surface area contributed by atoms with Crippen molar-refractivity contribution in [3.63, 3.8) is 0 Å². The molecule has 1 aromatic heterocycles. The molecule has 0 aliphatic carbocycles. The zero-order chi connectivity index (χ0) is 20.1. The molecule has 1 aliphatic rings. The van der Waals surface area contributed by atoms with Gasteiger partial charge in [-0.05, 0) is 56.6 Å². The van der Waals surface area contributed by atoms with Crippen LogP contribution in [0.15, 0.2) is 66.5 Å². The normalized spacial score (nSPS) is 15.0. The number of piperidine rings is 1. The van der Waals surface area contributed by atoms with Gasteiger partial charge in [-0.15, -0.1) is 0 Å². The highest BCUT2D eigenvalue weighted by Crippen LogP contribution is 2.26. The van der Waals surface area contributed by atoms with Crippen LogP contribution in [0.2, 0.25) is 0 Å². The van der Waals surface area contributed by atoms with Gasteiger partial charge in [0, 0.05) is 23.2 Å². The van der Waals surface area contributed by atoms with Crippen LogP contribution < -0.4 is 16.0 Å². The number of carbonyl (C=O) groups excluding carboxylic acids is 1. The maximum Gasteiger partial charge on any atom is 0.248 e. The van der Waals surface area contributed by atoms with Crippen molar-refractivity contribution in [1.82, 2.24) is 15.3 Å². The van der Waals surface area contributed by atoms with E-state index in [1.165, 1.54) is 11.1 Å². The summed E-state index contributed by atoms with van der Waals surface area (Å²) in [7, 11) is 0. The van der Waals surface area contributed by atoms with Gasteiger partial charge < -0.3 is 16.0 Å². The van der Waals surface area contributed by atoms with Crippen LogP contribution in [0.3, 0.4) is 0 Å². The van der Waals surface area contributed by atoms with Gasteiger partial charge in [-0.2, -0.15) is 0 Å². The second-order valence-electron chi connectivity index (χ2n) is 7.27. The molecular weight excluding hydrogens is 362 g/mol. The fourth-order valence-corrected chi connectivity index (χ4v) is 3.54. The van der Waals surface area contributed by atoms with Crippen LogP contribution in [0.25, 0.3) is 10.9 Å². The summed E-state index contributed by atoms with van der Waals surface area (Å²) in [6.45, 7) is 3.96. The van der Waals surface area contributed by atoms with Gasteiger partial charge in [-0.3, -0.25) is 4.79 Å². The number of aromatic nitrogens is 2. The van der Waals surface area contributed by atoms with Crippen LogP contribution in [-0.4, -0.2) is 29.0 Å². The molecule has 1 amide bonds. The van der Waals surface area contributed by atoms with Gasteiger partial charge in [0.05, 0.1) is 5.52 Å². The van der Waals surface area contributed by atoms with E-state index < -0.39 is 0 Å². The molecule has 1 fully saturated rings. The number of anilines is 2. The van der Waals surface area contributed by atoms with Gasteiger partial charge in [0.15, 0.2) is 0 Å². The number of nitrogens with one attached hydrogen (secondary N) is 3. The predicted molar refractivity (Wildman–Crippen MR) is 117 cm³/mol. The third-order valence-corrected chi connectivity index (χ3v) is 5.14. The summed E-state index contributed by atoms with van der Waals surface area (Å²) in [4.78, 5) is 21.2. The molecule has 3 N–H and O–H groups in total. The van der Waals surface area contributed by atoms with Gasteiger partial charge in [0.1, 0.15) is 12.1 Å². The molecule has 6 heteroatoms. The number of hydrogen-bond donors (Lipinski definition) is 3. The van der Waals surface area contributed by atoms with Gasteiger partial charge in [-0.25, -0.2) is 9.97 Å². The highest BCUT2D eigenvalue weighted by Gasteiger charge is 2.11. The van der Waals surface area contributed by atoms with E-state index in [0.29, 0.717) is 0 Å². The Bertz CT molecular complexity index is 1020. The van der Waals surface area contributed by atoms with Crippen molar-refractivity contribution in [3.8, 4) is 0 Å². The first-order chi connectivity index (χ1) is 14.2. The number of fused-ring (bicyclic) bond motifs is 1. The lowest BCUT2D eigenvalue weighted by Gasteiger charge is -2.17. The van der Waals surface area contributed by atoms with Crippen molar-refractivity contribution < 1.29 is 4.79 Å². The monoisotopic (exact) mass is 387 g/mol. The highest BCUT2D eigenvalue weighted by molar-refractivity contribution is 6.02. The molecule has 0 spiro atoms. The van der Waals surface area contributed by atoms with Crippen LogP contribution in [-0.2, 0) is 4.79 Å². The fraction of sp³-hybridized carbons (Fsp3) is 0.261. The summed E-state index contributed by atoms with van der Waals surface area (Å²) < 4.78 is 0. The number of hydrogen-bond acceptors (Lipinski definition) is 5. The molecule has 0 saturated carbocycles. The molecule has 4 rings (SSSR count). The maximum absolute atomic E-state index is 12.4. The minimum atomic E-state index is -0.0923. The minimum Gasteiger partial charge on any atom is -0.363 e. The summed E-state index contributed by atoms with van der Waals surface area (Å²) in [5.74, 6) is 0.657. The minimum absolute atomic E-state index is 0.0923. The smallest absolute Gasteiger partial charge is 0.248 e. The van der Waals surface area contributed by atoms with Gasteiger partial charge >= 0.3 is 0 Å². The largest absolute Gasteiger partial charge is 0.363 e. The molecule has 0 radical (unpaired) electrons. The Morgan fingerprint density at radius 2 is 1.90 bits per heavy atom. The molecule has 6 nitrogen and oxygen atoms in total. The molecule has 148 valence electrons. The topological polar surface area (TPSA) is 78.9 Å². The molecule has 2 heterocycles. The van der Waals surface area contributed by atoms with Gasteiger partial charge in [0.25, 0.3) is 0 Å².